The number of unbranched alkanes of at least 4 members (excludes halogenated alkanes) is 2. The third kappa shape index (κ3) is 7.40. The van der Waals surface area contributed by atoms with E-state index in [1.54, 1.807) is 11.8 Å². The van der Waals surface area contributed by atoms with Gasteiger partial charge in [-0.2, -0.15) is 0 Å². The Balaban J connectivity index is 1.91. The summed E-state index contributed by atoms with van der Waals surface area (Å²) in [5.74, 6) is -3.06. The van der Waals surface area contributed by atoms with Gasteiger partial charge >= 0.3 is 19.1 Å². The van der Waals surface area contributed by atoms with Gasteiger partial charge in [-0.15, -0.1) is 0 Å². The number of piperazine rings is 1. The van der Waals surface area contributed by atoms with E-state index >= 15 is 0 Å². The lowest BCUT2D eigenvalue weighted by atomic mass is 9.65. The lowest BCUT2D eigenvalue weighted by Crippen LogP contribution is -2.67. The maximum absolute atomic E-state index is 13.8. The number of nitrogens with one attached hydrogen (secondary N) is 1. The molecular formula is C20H31BF2N4O5. The molecule has 9 nitrogen and oxygen atoms in total. The first-order valence-corrected chi connectivity index (χ1v) is 10.6. The van der Waals surface area contributed by atoms with Gasteiger partial charge < -0.3 is 31.1 Å². The molecule has 0 saturated carbocycles. The summed E-state index contributed by atoms with van der Waals surface area (Å²) in [6, 6.07) is 2.21. The number of hydrogen-bond donors (Lipinski definition) is 5. The molecule has 0 radical (unpaired) electrons. The fraction of sp³-hybridized carbons (Fsp3) is 0.600. The minimum absolute atomic E-state index is 0.0802. The van der Waals surface area contributed by atoms with E-state index in [2.05, 4.69) is 5.32 Å². The number of aliphatic carboxylic acids is 1. The summed E-state index contributed by atoms with van der Waals surface area (Å²) in [7, 11) is -1.70. The van der Waals surface area contributed by atoms with Gasteiger partial charge in [0.2, 0.25) is 0 Å². The molecule has 2 rings (SSSR count). The van der Waals surface area contributed by atoms with Crippen molar-refractivity contribution in [2.45, 2.75) is 50.5 Å². The Kier molecular flexibility index (Phi) is 9.38. The number of amides is 2. The van der Waals surface area contributed by atoms with Crippen molar-refractivity contribution in [3.63, 3.8) is 0 Å². The Morgan fingerprint density at radius 1 is 1.19 bits per heavy atom. The number of nitrogens with two attached hydrogens (primary N) is 1. The van der Waals surface area contributed by atoms with Gasteiger partial charge in [0.05, 0.1) is 11.6 Å². The van der Waals surface area contributed by atoms with Gasteiger partial charge in [-0.25, -0.2) is 13.6 Å². The molecule has 0 aromatic heterocycles. The molecule has 2 unspecified atom stereocenters. The number of halogens is 2. The van der Waals surface area contributed by atoms with Crippen LogP contribution in [0.1, 0.15) is 39.0 Å². The molecule has 178 valence electrons. The van der Waals surface area contributed by atoms with Crippen LogP contribution in [0.25, 0.3) is 0 Å². The maximum Gasteiger partial charge on any atom is 0.471 e. The average molecular weight is 456 g/mol. The van der Waals surface area contributed by atoms with E-state index in [1.807, 2.05) is 0 Å². The van der Waals surface area contributed by atoms with E-state index < -0.39 is 42.2 Å². The Labute approximate surface area is 186 Å². The minimum Gasteiger partial charge on any atom is -0.481 e. The first-order valence-electron chi connectivity index (χ1n) is 10.6. The number of carbonyl (C=O) groups is 2. The number of benzene rings is 1. The third-order valence-corrected chi connectivity index (χ3v) is 5.73. The van der Waals surface area contributed by atoms with E-state index in [0.29, 0.717) is 38.8 Å². The Bertz CT molecular complexity index is 791. The number of carboxylic acids is 1. The van der Waals surface area contributed by atoms with Crippen molar-refractivity contribution < 1.29 is 33.5 Å². The van der Waals surface area contributed by atoms with Crippen molar-refractivity contribution in [1.82, 2.24) is 9.80 Å². The van der Waals surface area contributed by atoms with Crippen molar-refractivity contribution in [1.29, 1.82) is 0 Å². The average Bonchev–Trinajstić information content (AvgIpc) is 2.70. The van der Waals surface area contributed by atoms with Crippen LogP contribution >= 0.6 is 0 Å². The molecule has 1 heterocycles. The summed E-state index contributed by atoms with van der Waals surface area (Å²) in [5, 5.41) is 31.0. The fourth-order valence-corrected chi connectivity index (χ4v) is 4.04. The second kappa shape index (κ2) is 11.5. The van der Waals surface area contributed by atoms with E-state index in [1.165, 1.54) is 4.90 Å². The van der Waals surface area contributed by atoms with Gasteiger partial charge in [-0.1, -0.05) is 12.8 Å². The monoisotopic (exact) mass is 456 g/mol. The van der Waals surface area contributed by atoms with Gasteiger partial charge in [0.25, 0.3) is 0 Å². The topological polar surface area (TPSA) is 139 Å². The summed E-state index contributed by atoms with van der Waals surface area (Å²) in [4.78, 5) is 26.3. The maximum atomic E-state index is 13.8. The van der Waals surface area contributed by atoms with Gasteiger partial charge in [-0.3, -0.25) is 9.69 Å². The Hall–Kier alpha value is -2.28. The number of urea groups is 1. The fourth-order valence-electron chi connectivity index (χ4n) is 4.04. The summed E-state index contributed by atoms with van der Waals surface area (Å²) in [5.41, 5.74) is 5.21. The van der Waals surface area contributed by atoms with Crippen LogP contribution in [0.2, 0.25) is 0 Å². The van der Waals surface area contributed by atoms with Crippen LogP contribution in [-0.2, 0) is 4.79 Å². The van der Waals surface area contributed by atoms with Crippen LogP contribution in [-0.4, -0.2) is 81.7 Å². The van der Waals surface area contributed by atoms with Gasteiger partial charge in [-0.05, 0) is 31.9 Å². The van der Waals surface area contributed by atoms with E-state index in [-0.39, 0.29) is 25.2 Å². The van der Waals surface area contributed by atoms with Crippen LogP contribution in [0.15, 0.2) is 18.2 Å². The van der Waals surface area contributed by atoms with Crippen molar-refractivity contribution in [2.75, 3.05) is 31.5 Å². The molecule has 1 aliphatic rings. The van der Waals surface area contributed by atoms with Gasteiger partial charge in [0, 0.05) is 44.2 Å². The van der Waals surface area contributed by atoms with Crippen molar-refractivity contribution in [3.8, 4) is 0 Å². The summed E-state index contributed by atoms with van der Waals surface area (Å²) >= 11 is 0. The molecule has 2 amide bonds. The molecule has 1 fully saturated rings. The van der Waals surface area contributed by atoms with Crippen LogP contribution in [0.5, 0.6) is 0 Å². The van der Waals surface area contributed by atoms with Crippen molar-refractivity contribution >= 4 is 24.8 Å². The molecule has 0 bridgehead atoms. The molecule has 2 atom stereocenters. The molecule has 32 heavy (non-hydrogen) atoms. The van der Waals surface area contributed by atoms with E-state index in [9.17, 15) is 28.4 Å². The second-order valence-electron chi connectivity index (χ2n) is 8.40. The van der Waals surface area contributed by atoms with Crippen molar-refractivity contribution in [3.05, 3.63) is 29.8 Å². The third-order valence-electron chi connectivity index (χ3n) is 5.73. The highest BCUT2D eigenvalue weighted by molar-refractivity contribution is 6.43. The highest BCUT2D eigenvalue weighted by Gasteiger charge is 2.43. The number of rotatable bonds is 10. The van der Waals surface area contributed by atoms with E-state index in [0.717, 1.165) is 18.2 Å². The standard InChI is InChI=1S/C20H31BF2N4O5/c1-20(24,8-4-2-3-5-17(28)29)18(21(31)32)26-9-11-27(12-10-26)19(30)25-16-13-14(22)6-7-15(16)23/h6-7,13,18,31-32H,2-5,8-12,24H2,1H3,(H,25,30)(H,28,29). The summed E-state index contributed by atoms with van der Waals surface area (Å²) in [6.07, 6.45) is 2.38. The number of hydrogen-bond acceptors (Lipinski definition) is 6. The zero-order chi connectivity index (χ0) is 23.9. The number of carboxylic acid groups (broad SMARTS) is 1. The predicted octanol–water partition coefficient (Wildman–Crippen LogP) is 1.25. The smallest absolute Gasteiger partial charge is 0.471 e. The molecule has 6 N–H and O–H groups in total. The normalized spacial score (nSPS) is 17.5. The van der Waals surface area contributed by atoms with Gasteiger partial charge in [0.15, 0.2) is 0 Å². The highest BCUT2D eigenvalue weighted by atomic mass is 19.1. The van der Waals surface area contributed by atoms with Crippen LogP contribution in [0.4, 0.5) is 19.3 Å². The minimum atomic E-state index is -1.70. The molecule has 1 aromatic rings. The highest BCUT2D eigenvalue weighted by Crippen LogP contribution is 2.24. The van der Waals surface area contributed by atoms with Crippen LogP contribution in [0.3, 0.4) is 0 Å². The molecule has 0 spiro atoms. The molecule has 1 aromatic carbocycles. The zero-order valence-corrected chi connectivity index (χ0v) is 18.1. The van der Waals surface area contributed by atoms with Crippen LogP contribution < -0.4 is 11.1 Å². The van der Waals surface area contributed by atoms with Crippen molar-refractivity contribution in [2.24, 2.45) is 5.73 Å². The quantitative estimate of drug-likeness (QED) is 0.264. The summed E-state index contributed by atoms with van der Waals surface area (Å²) in [6.45, 7) is 2.82. The Morgan fingerprint density at radius 2 is 1.84 bits per heavy atom. The number of anilines is 1. The largest absolute Gasteiger partial charge is 0.481 e. The molecule has 0 aliphatic carbocycles. The van der Waals surface area contributed by atoms with Gasteiger partial charge in [0.1, 0.15) is 11.6 Å². The Morgan fingerprint density at radius 3 is 2.44 bits per heavy atom. The van der Waals surface area contributed by atoms with E-state index in [4.69, 9.17) is 10.8 Å². The lowest BCUT2D eigenvalue weighted by Gasteiger charge is -2.45. The number of carbonyl (C=O) groups excluding carboxylic acids is 1. The molecular weight excluding hydrogens is 425 g/mol. The first kappa shape index (κ1) is 26.0. The summed E-state index contributed by atoms with van der Waals surface area (Å²) < 4.78 is 27.1. The molecule has 1 aliphatic heterocycles. The zero-order valence-electron chi connectivity index (χ0n) is 18.1. The molecule has 1 saturated heterocycles. The predicted molar refractivity (Wildman–Crippen MR) is 116 cm³/mol. The second-order valence-corrected chi connectivity index (χ2v) is 8.40. The molecule has 12 heteroatoms. The SMILES string of the molecule is CC(N)(CCCCCC(=O)O)C(B(O)O)N1CCN(C(=O)Nc2cc(F)ccc2F)CC1. The number of nitrogens with zero attached hydrogens (tertiary/aromatic N) is 2. The lowest BCUT2D eigenvalue weighted by molar-refractivity contribution is -0.137. The van der Waals surface area contributed by atoms with Crippen LogP contribution in [0, 0.1) is 11.6 Å². The first-order chi connectivity index (χ1) is 15.0.